The first kappa shape index (κ1) is 16.8. The number of halogens is 2. The van der Waals surface area contributed by atoms with Crippen molar-refractivity contribution in [1.82, 2.24) is 14.5 Å². The number of H-pyrrole nitrogens is 1. The molecule has 134 valence electrons. The molecule has 4 aromatic rings. The van der Waals surface area contributed by atoms with Crippen molar-refractivity contribution < 1.29 is 8.78 Å². The van der Waals surface area contributed by atoms with Gasteiger partial charge >= 0.3 is 0 Å². The Morgan fingerprint density at radius 3 is 2.69 bits per heavy atom. The van der Waals surface area contributed by atoms with E-state index in [4.69, 9.17) is 4.98 Å². The lowest BCUT2D eigenvalue weighted by atomic mass is 9.96. The summed E-state index contributed by atoms with van der Waals surface area (Å²) in [5.41, 5.74) is 3.07. The molecule has 0 radical (unpaired) electrons. The molecule has 0 bridgehead atoms. The molecule has 0 aliphatic carbocycles. The standard InChI is InChI=1S/C21H21F2N3/c1-21(2,3)12-26-18-10-14(22)7-8-17(18)25-19(26)9-13-11-24-20-15(13)5-4-6-16(20)23/h4-8,10-11,24H,9,12H2,1-3H3. The summed E-state index contributed by atoms with van der Waals surface area (Å²) in [6.45, 7) is 7.15. The molecule has 0 aliphatic heterocycles. The maximum Gasteiger partial charge on any atom is 0.147 e. The second-order valence-electron chi connectivity index (χ2n) is 7.96. The molecule has 0 unspecified atom stereocenters. The number of hydrogen-bond donors (Lipinski definition) is 1. The number of imidazole rings is 1. The SMILES string of the molecule is CC(C)(C)Cn1c(Cc2c[nH]c3c(F)cccc23)nc2ccc(F)cc21. The number of fused-ring (bicyclic) bond motifs is 2. The quantitative estimate of drug-likeness (QED) is 0.523. The summed E-state index contributed by atoms with van der Waals surface area (Å²) >= 11 is 0. The summed E-state index contributed by atoms with van der Waals surface area (Å²) in [6, 6.07) is 9.74. The zero-order valence-corrected chi connectivity index (χ0v) is 15.1. The Balaban J connectivity index is 1.84. The average Bonchev–Trinajstić information content (AvgIpc) is 3.10. The van der Waals surface area contributed by atoms with E-state index in [0.717, 1.165) is 34.4 Å². The molecule has 2 aromatic carbocycles. The van der Waals surface area contributed by atoms with E-state index >= 15 is 0 Å². The van der Waals surface area contributed by atoms with E-state index in [1.807, 2.05) is 12.3 Å². The maximum absolute atomic E-state index is 14.0. The number of aromatic amines is 1. The van der Waals surface area contributed by atoms with Crippen LogP contribution in [0.2, 0.25) is 0 Å². The summed E-state index contributed by atoms with van der Waals surface area (Å²) < 4.78 is 29.8. The Morgan fingerprint density at radius 1 is 1.12 bits per heavy atom. The third kappa shape index (κ3) is 2.98. The van der Waals surface area contributed by atoms with Crippen LogP contribution in [0.3, 0.4) is 0 Å². The normalized spacial score (nSPS) is 12.3. The minimum absolute atomic E-state index is 0.0149. The van der Waals surface area contributed by atoms with Gasteiger partial charge in [0, 0.05) is 24.5 Å². The van der Waals surface area contributed by atoms with Gasteiger partial charge in [-0.25, -0.2) is 13.8 Å². The van der Waals surface area contributed by atoms with Gasteiger partial charge in [0.15, 0.2) is 0 Å². The Hall–Kier alpha value is -2.69. The largest absolute Gasteiger partial charge is 0.359 e. The average molecular weight is 353 g/mol. The van der Waals surface area contributed by atoms with Crippen LogP contribution in [0.15, 0.2) is 42.6 Å². The molecule has 3 nitrogen and oxygen atoms in total. The molecule has 0 aliphatic rings. The summed E-state index contributed by atoms with van der Waals surface area (Å²) in [4.78, 5) is 7.75. The fraction of sp³-hybridized carbons (Fsp3) is 0.286. The van der Waals surface area contributed by atoms with Crippen LogP contribution in [0, 0.1) is 17.0 Å². The molecule has 2 heterocycles. The topological polar surface area (TPSA) is 33.6 Å². The van der Waals surface area contributed by atoms with Crippen LogP contribution in [0.5, 0.6) is 0 Å². The minimum atomic E-state index is -0.270. The molecule has 5 heteroatoms. The van der Waals surface area contributed by atoms with Gasteiger partial charge in [-0.1, -0.05) is 32.9 Å². The highest BCUT2D eigenvalue weighted by Crippen LogP contribution is 2.27. The number of para-hydroxylation sites is 1. The lowest BCUT2D eigenvalue weighted by molar-refractivity contribution is 0.343. The Bertz CT molecular complexity index is 1100. The molecular weight excluding hydrogens is 332 g/mol. The fourth-order valence-corrected chi connectivity index (χ4v) is 3.42. The number of aromatic nitrogens is 3. The van der Waals surface area contributed by atoms with Crippen LogP contribution < -0.4 is 0 Å². The Kier molecular flexibility index (Phi) is 3.83. The van der Waals surface area contributed by atoms with Crippen molar-refractivity contribution in [2.45, 2.75) is 33.7 Å². The fourth-order valence-electron chi connectivity index (χ4n) is 3.42. The lowest BCUT2D eigenvalue weighted by Gasteiger charge is -2.21. The molecule has 0 atom stereocenters. The summed E-state index contributed by atoms with van der Waals surface area (Å²) in [5.74, 6) is 0.318. The maximum atomic E-state index is 14.0. The van der Waals surface area contributed by atoms with Crippen LogP contribution in [0.4, 0.5) is 8.78 Å². The predicted octanol–water partition coefficient (Wildman–Crippen LogP) is 5.43. The van der Waals surface area contributed by atoms with Gasteiger partial charge in [0.05, 0.1) is 16.6 Å². The first-order chi connectivity index (χ1) is 12.3. The zero-order valence-electron chi connectivity index (χ0n) is 15.1. The van der Waals surface area contributed by atoms with Gasteiger partial charge < -0.3 is 9.55 Å². The third-order valence-electron chi connectivity index (χ3n) is 4.52. The van der Waals surface area contributed by atoms with Crippen molar-refractivity contribution in [3.63, 3.8) is 0 Å². The lowest BCUT2D eigenvalue weighted by Crippen LogP contribution is -2.17. The summed E-state index contributed by atoms with van der Waals surface area (Å²) in [5, 5.41) is 0.852. The number of nitrogens with one attached hydrogen (secondary N) is 1. The van der Waals surface area contributed by atoms with Crippen LogP contribution in [-0.2, 0) is 13.0 Å². The Labute approximate surface area is 150 Å². The summed E-state index contributed by atoms with van der Waals surface area (Å²) in [7, 11) is 0. The van der Waals surface area contributed by atoms with Crippen molar-refractivity contribution in [3.05, 3.63) is 65.6 Å². The molecule has 26 heavy (non-hydrogen) atoms. The number of hydrogen-bond acceptors (Lipinski definition) is 1. The zero-order chi connectivity index (χ0) is 18.5. The first-order valence-corrected chi connectivity index (χ1v) is 8.71. The number of nitrogens with zero attached hydrogens (tertiary/aromatic N) is 2. The van der Waals surface area contributed by atoms with Gasteiger partial charge in [-0.2, -0.15) is 0 Å². The monoisotopic (exact) mass is 353 g/mol. The molecule has 0 saturated heterocycles. The van der Waals surface area contributed by atoms with Crippen LogP contribution in [0.25, 0.3) is 21.9 Å². The highest BCUT2D eigenvalue weighted by molar-refractivity contribution is 5.84. The van der Waals surface area contributed by atoms with Gasteiger partial charge in [-0.3, -0.25) is 0 Å². The van der Waals surface area contributed by atoms with Crippen LogP contribution in [-0.4, -0.2) is 14.5 Å². The van der Waals surface area contributed by atoms with Crippen molar-refractivity contribution in [2.75, 3.05) is 0 Å². The minimum Gasteiger partial charge on any atom is -0.359 e. The molecule has 0 saturated carbocycles. The highest BCUT2D eigenvalue weighted by atomic mass is 19.1. The van der Waals surface area contributed by atoms with E-state index in [0.29, 0.717) is 11.9 Å². The van der Waals surface area contributed by atoms with Crippen molar-refractivity contribution in [3.8, 4) is 0 Å². The van der Waals surface area contributed by atoms with Crippen LogP contribution in [0.1, 0.15) is 32.2 Å². The van der Waals surface area contributed by atoms with Gasteiger partial charge in [-0.05, 0) is 35.2 Å². The molecule has 2 aromatic heterocycles. The smallest absolute Gasteiger partial charge is 0.147 e. The summed E-state index contributed by atoms with van der Waals surface area (Å²) in [6.07, 6.45) is 2.38. The number of benzene rings is 2. The third-order valence-corrected chi connectivity index (χ3v) is 4.52. The van der Waals surface area contributed by atoms with Gasteiger partial charge in [0.1, 0.15) is 17.5 Å². The first-order valence-electron chi connectivity index (χ1n) is 8.71. The number of rotatable bonds is 3. The molecule has 0 spiro atoms. The van der Waals surface area contributed by atoms with E-state index in [1.165, 1.54) is 18.2 Å². The van der Waals surface area contributed by atoms with Crippen molar-refractivity contribution in [1.29, 1.82) is 0 Å². The highest BCUT2D eigenvalue weighted by Gasteiger charge is 2.19. The molecule has 0 fully saturated rings. The van der Waals surface area contributed by atoms with E-state index < -0.39 is 0 Å². The predicted molar refractivity (Wildman–Crippen MR) is 100 cm³/mol. The van der Waals surface area contributed by atoms with Crippen LogP contribution >= 0.6 is 0 Å². The van der Waals surface area contributed by atoms with Crippen molar-refractivity contribution >= 4 is 21.9 Å². The molecule has 0 amide bonds. The van der Waals surface area contributed by atoms with E-state index in [9.17, 15) is 8.78 Å². The van der Waals surface area contributed by atoms with Gasteiger partial charge in [0.25, 0.3) is 0 Å². The molecular formula is C21H21F2N3. The van der Waals surface area contributed by atoms with Gasteiger partial charge in [0.2, 0.25) is 0 Å². The van der Waals surface area contributed by atoms with E-state index in [2.05, 4.69) is 30.3 Å². The van der Waals surface area contributed by atoms with Crippen molar-refractivity contribution in [2.24, 2.45) is 5.41 Å². The van der Waals surface area contributed by atoms with Gasteiger partial charge in [-0.15, -0.1) is 0 Å². The second kappa shape index (κ2) is 5.94. The molecule has 4 rings (SSSR count). The Morgan fingerprint density at radius 2 is 1.92 bits per heavy atom. The molecule has 1 N–H and O–H groups in total. The second-order valence-corrected chi connectivity index (χ2v) is 7.96. The van der Waals surface area contributed by atoms with E-state index in [-0.39, 0.29) is 17.0 Å². The van der Waals surface area contributed by atoms with E-state index in [1.54, 1.807) is 12.1 Å².